The molecule has 6 aromatic rings. The lowest BCUT2D eigenvalue weighted by molar-refractivity contribution is -0.142. The van der Waals surface area contributed by atoms with Crippen LogP contribution in [0.1, 0.15) is 62.6 Å². The Bertz CT molecular complexity index is 2640. The van der Waals surface area contributed by atoms with Crippen LogP contribution >= 0.6 is 23.2 Å². The number of nitrogens with one attached hydrogen (secondary N) is 2. The molecule has 2 unspecified atom stereocenters. The SMILES string of the molecule is CN=Cc1cncc(COc2cc(OCc3cccc(-c4cccc(COc5cc(OCc6cncc(C=N)c6)c(CNC(C(=O)O)C(C)O)cc5Cl)c4C)c3C)c(Cl)cc2C[OH2+])c1. The summed E-state index contributed by atoms with van der Waals surface area (Å²) in [6.45, 7) is 6.27. The molecule has 6 rings (SSSR count). The van der Waals surface area contributed by atoms with Gasteiger partial charge in [0.05, 0.1) is 21.7 Å². The van der Waals surface area contributed by atoms with E-state index in [0.29, 0.717) is 44.7 Å². The molecule has 6 N–H and O–H groups in total. The van der Waals surface area contributed by atoms with Crippen LogP contribution in [0, 0.1) is 19.3 Å². The zero-order valence-corrected chi connectivity index (χ0v) is 37.3. The summed E-state index contributed by atoms with van der Waals surface area (Å²) in [4.78, 5) is 24.3. The number of aromatic nitrogens is 2. The monoisotopic (exact) mass is 906 g/mol. The molecular formula is C49H50Cl2N5O8+. The molecule has 0 spiro atoms. The first-order valence-electron chi connectivity index (χ1n) is 20.3. The smallest absolute Gasteiger partial charge is 0.323 e. The molecular weight excluding hydrogens is 857 g/mol. The van der Waals surface area contributed by atoms with E-state index in [9.17, 15) is 15.0 Å². The summed E-state index contributed by atoms with van der Waals surface area (Å²) in [6, 6.07) is 21.4. The number of pyridine rings is 2. The van der Waals surface area contributed by atoms with Gasteiger partial charge in [0.1, 0.15) is 55.5 Å². The number of carboxylic acids is 1. The third kappa shape index (κ3) is 12.0. The summed E-state index contributed by atoms with van der Waals surface area (Å²) in [7, 11) is 1.70. The maximum Gasteiger partial charge on any atom is 0.323 e. The lowest BCUT2D eigenvalue weighted by atomic mass is 9.92. The number of hydrogen-bond acceptors (Lipinski definition) is 11. The number of carboxylic acid groups (broad SMARTS) is 1. The van der Waals surface area contributed by atoms with Gasteiger partial charge in [0.25, 0.3) is 0 Å². The van der Waals surface area contributed by atoms with Crippen molar-refractivity contribution in [2.24, 2.45) is 4.99 Å². The van der Waals surface area contributed by atoms with Crippen molar-refractivity contribution in [1.82, 2.24) is 15.3 Å². The van der Waals surface area contributed by atoms with Gasteiger partial charge in [-0.2, -0.15) is 0 Å². The van der Waals surface area contributed by atoms with Crippen molar-refractivity contribution in [2.45, 2.75) is 72.5 Å². The zero-order chi connectivity index (χ0) is 45.8. The van der Waals surface area contributed by atoms with Crippen LogP contribution in [0.15, 0.2) is 103 Å². The van der Waals surface area contributed by atoms with Crippen molar-refractivity contribution in [3.63, 3.8) is 0 Å². The number of benzene rings is 4. The largest absolute Gasteiger partial charge is 0.488 e. The molecule has 2 atom stereocenters. The number of aliphatic hydroxyl groups is 1. The van der Waals surface area contributed by atoms with Crippen molar-refractivity contribution in [3.8, 4) is 34.1 Å². The van der Waals surface area contributed by atoms with Crippen molar-refractivity contribution in [2.75, 3.05) is 7.05 Å². The van der Waals surface area contributed by atoms with E-state index in [1.54, 1.807) is 68.4 Å². The van der Waals surface area contributed by atoms with E-state index < -0.39 is 18.1 Å². The number of aliphatic hydroxyl groups excluding tert-OH is 1. The second-order valence-electron chi connectivity index (χ2n) is 15.0. The highest BCUT2D eigenvalue weighted by Crippen LogP contribution is 2.37. The second kappa shape index (κ2) is 22.3. The van der Waals surface area contributed by atoms with E-state index >= 15 is 0 Å². The third-order valence-electron chi connectivity index (χ3n) is 10.5. The number of ether oxygens (including phenoxy) is 4. The molecule has 0 aliphatic heterocycles. The predicted molar refractivity (Wildman–Crippen MR) is 249 cm³/mol. The lowest BCUT2D eigenvalue weighted by Crippen LogP contribution is -2.44. The molecule has 0 bridgehead atoms. The van der Waals surface area contributed by atoms with Gasteiger partial charge >= 0.3 is 5.97 Å². The maximum absolute atomic E-state index is 11.8. The molecule has 0 saturated carbocycles. The van der Waals surface area contributed by atoms with E-state index in [2.05, 4.69) is 39.3 Å². The number of hydrogen-bond donors (Lipinski definition) is 4. The number of nitrogens with zero attached hydrogens (tertiary/aromatic N) is 3. The van der Waals surface area contributed by atoms with Crippen LogP contribution in [0.5, 0.6) is 23.0 Å². The van der Waals surface area contributed by atoms with E-state index in [-0.39, 0.29) is 44.6 Å². The number of rotatable bonds is 21. The van der Waals surface area contributed by atoms with Gasteiger partial charge in [-0.15, -0.1) is 0 Å². The van der Waals surface area contributed by atoms with Gasteiger partial charge in [0.2, 0.25) is 0 Å². The van der Waals surface area contributed by atoms with E-state index in [4.69, 9.17) is 52.7 Å². The van der Waals surface area contributed by atoms with Crippen molar-refractivity contribution >= 4 is 41.6 Å². The summed E-state index contributed by atoms with van der Waals surface area (Å²) >= 11 is 13.4. The van der Waals surface area contributed by atoms with Crippen LogP contribution in [-0.2, 0) is 44.4 Å². The average molecular weight is 908 g/mol. The molecule has 13 nitrogen and oxygen atoms in total. The Morgan fingerprint density at radius 2 is 1.25 bits per heavy atom. The summed E-state index contributed by atoms with van der Waals surface area (Å²) in [5.41, 5.74) is 10.2. The molecule has 64 heavy (non-hydrogen) atoms. The Labute approximate surface area is 381 Å². The van der Waals surface area contributed by atoms with Gasteiger partial charge in [-0.05, 0) is 78.4 Å². The Balaban J connectivity index is 1.19. The number of halogens is 2. The van der Waals surface area contributed by atoms with Gasteiger partial charge in [-0.3, -0.25) is 25.1 Å². The fourth-order valence-electron chi connectivity index (χ4n) is 6.97. The Morgan fingerprint density at radius 3 is 1.75 bits per heavy atom. The Hall–Kier alpha value is -6.35. The maximum atomic E-state index is 11.8. The van der Waals surface area contributed by atoms with E-state index in [1.165, 1.54) is 13.1 Å². The zero-order valence-electron chi connectivity index (χ0n) is 35.8. The van der Waals surface area contributed by atoms with Crippen LogP contribution in [-0.4, -0.2) is 62.9 Å². The Morgan fingerprint density at radius 1 is 0.750 bits per heavy atom. The highest BCUT2D eigenvalue weighted by atomic mass is 35.5. The molecule has 15 heteroatoms. The van der Waals surface area contributed by atoms with Crippen LogP contribution in [0.3, 0.4) is 0 Å². The quantitative estimate of drug-likeness (QED) is 0.0402. The van der Waals surface area contributed by atoms with Crippen LogP contribution in [0.4, 0.5) is 0 Å². The number of aliphatic carboxylic acids is 1. The summed E-state index contributed by atoms with van der Waals surface area (Å²) in [5.74, 6) is 0.494. The van der Waals surface area contributed by atoms with Gasteiger partial charge in [0.15, 0.2) is 6.61 Å². The molecule has 0 radical (unpaired) electrons. The molecule has 0 amide bonds. The van der Waals surface area contributed by atoms with E-state index in [1.807, 2.05) is 37.3 Å². The second-order valence-corrected chi connectivity index (χ2v) is 15.8. The minimum absolute atomic E-state index is 0.0176. The standard InChI is InChI=1S/C49H49Cl2N5O8/c1-29-36(27-63-46-15-44(61-25-34-11-32(17-52)19-54-21-34)38(13-42(46)50)23-56-48(31(3)58)49(59)60)7-5-9-40(29)41-10-6-8-37(30(41)2)28-64-47-16-45(39(24-57)14-43(47)51)62-26-35-12-33(18-53-4)20-55-22-35/h5-22,31,48,52,56-58H,23-28H2,1-4H3,(H,59,60)/p+1. The molecule has 0 fully saturated rings. The minimum atomic E-state index is -1.22. The minimum Gasteiger partial charge on any atom is -0.488 e. The first-order valence-corrected chi connectivity index (χ1v) is 21.1. The Kier molecular flexibility index (Phi) is 16.4. The highest BCUT2D eigenvalue weighted by Gasteiger charge is 2.24. The fourth-order valence-corrected chi connectivity index (χ4v) is 7.45. The van der Waals surface area contributed by atoms with Crippen LogP contribution < -0.4 is 24.3 Å². The van der Waals surface area contributed by atoms with E-state index in [0.717, 1.165) is 50.1 Å². The summed E-state index contributed by atoms with van der Waals surface area (Å²) in [6.07, 6.45) is 8.43. The van der Waals surface area contributed by atoms with Gasteiger partial charge < -0.3 is 39.7 Å². The highest BCUT2D eigenvalue weighted by molar-refractivity contribution is 6.32. The van der Waals surface area contributed by atoms with Crippen molar-refractivity contribution in [3.05, 3.63) is 163 Å². The summed E-state index contributed by atoms with van der Waals surface area (Å²) in [5, 5.41) is 38.9. The third-order valence-corrected chi connectivity index (χ3v) is 11.1. The van der Waals surface area contributed by atoms with Crippen molar-refractivity contribution in [1.29, 1.82) is 5.41 Å². The first-order chi connectivity index (χ1) is 30.9. The fraction of sp³-hybridized carbons (Fsp3) is 0.245. The molecule has 2 aromatic heterocycles. The topological polar surface area (TPSA) is 191 Å². The average Bonchev–Trinajstić information content (AvgIpc) is 3.28. The van der Waals surface area contributed by atoms with Gasteiger partial charge in [-0.25, -0.2) is 0 Å². The number of aliphatic imine (C=N–C) groups is 1. The van der Waals surface area contributed by atoms with Gasteiger partial charge in [-0.1, -0.05) is 59.6 Å². The molecule has 0 aliphatic rings. The van der Waals surface area contributed by atoms with Crippen molar-refractivity contribution < 1.29 is 39.1 Å². The first kappa shape index (κ1) is 47.1. The molecule has 4 aromatic carbocycles. The molecule has 0 saturated heterocycles. The molecule has 0 aliphatic carbocycles. The normalized spacial score (nSPS) is 12.2. The molecule has 2 heterocycles. The number of carbonyl (C=O) groups is 1. The predicted octanol–water partition coefficient (Wildman–Crippen LogP) is 8.58. The molecule has 332 valence electrons. The van der Waals surface area contributed by atoms with Gasteiger partial charge in [0, 0.05) is 90.8 Å². The van der Waals surface area contributed by atoms with Crippen LogP contribution in [0.25, 0.3) is 11.1 Å². The lowest BCUT2D eigenvalue weighted by Gasteiger charge is -2.20. The summed E-state index contributed by atoms with van der Waals surface area (Å²) < 4.78 is 25.0. The van der Waals surface area contributed by atoms with Crippen LogP contribution in [0.2, 0.25) is 10.0 Å².